The van der Waals surface area contributed by atoms with Gasteiger partial charge >= 0.3 is 0 Å². The first-order chi connectivity index (χ1) is 5.79. The van der Waals surface area contributed by atoms with Crippen molar-refractivity contribution < 1.29 is 0 Å². The highest BCUT2D eigenvalue weighted by Gasteiger charge is 2.05. The predicted octanol–water partition coefficient (Wildman–Crippen LogP) is 1.45. The second-order valence-electron chi connectivity index (χ2n) is 2.72. The molecule has 12 heavy (non-hydrogen) atoms. The molecule has 0 saturated carbocycles. The minimum atomic E-state index is 0.623. The van der Waals surface area contributed by atoms with Gasteiger partial charge in [-0.3, -0.25) is 4.68 Å². The molecule has 0 aliphatic rings. The van der Waals surface area contributed by atoms with Crippen LogP contribution in [0.2, 0.25) is 5.15 Å². The van der Waals surface area contributed by atoms with Crippen molar-refractivity contribution in [1.29, 1.82) is 0 Å². The molecule has 0 aromatic carbocycles. The molecule has 0 radical (unpaired) electrons. The van der Waals surface area contributed by atoms with Crippen molar-refractivity contribution >= 4 is 11.6 Å². The molecule has 0 spiro atoms. The zero-order valence-electron chi connectivity index (χ0n) is 7.26. The summed E-state index contributed by atoms with van der Waals surface area (Å²) >= 11 is 6.03. The zero-order chi connectivity index (χ0) is 8.97. The topological polar surface area (TPSA) is 43.8 Å². The molecule has 0 bridgehead atoms. The summed E-state index contributed by atoms with van der Waals surface area (Å²) in [5, 5.41) is 4.89. The van der Waals surface area contributed by atoms with E-state index >= 15 is 0 Å². The zero-order valence-corrected chi connectivity index (χ0v) is 8.01. The number of hydrogen-bond acceptors (Lipinski definition) is 2. The lowest BCUT2D eigenvalue weighted by Gasteiger charge is -1.99. The van der Waals surface area contributed by atoms with Crippen LogP contribution in [0.3, 0.4) is 0 Å². The highest BCUT2D eigenvalue weighted by molar-refractivity contribution is 6.30. The van der Waals surface area contributed by atoms with E-state index in [-0.39, 0.29) is 0 Å². The average Bonchev–Trinajstić information content (AvgIpc) is 2.38. The fraction of sp³-hybridized carbons (Fsp3) is 0.625. The van der Waals surface area contributed by atoms with E-state index < -0.39 is 0 Å². The lowest BCUT2D eigenvalue weighted by atomic mass is 10.2. The van der Waals surface area contributed by atoms with Gasteiger partial charge in [0.05, 0.1) is 6.20 Å². The van der Waals surface area contributed by atoms with Crippen LogP contribution in [0.15, 0.2) is 6.20 Å². The number of hydrogen-bond donors (Lipinski definition) is 1. The number of rotatable bonds is 4. The van der Waals surface area contributed by atoms with Gasteiger partial charge in [-0.05, 0) is 19.4 Å². The van der Waals surface area contributed by atoms with Gasteiger partial charge in [-0.2, -0.15) is 5.10 Å². The Bertz CT molecular complexity index is 221. The average molecular weight is 188 g/mol. The van der Waals surface area contributed by atoms with Crippen LogP contribution in [0.25, 0.3) is 0 Å². The maximum Gasteiger partial charge on any atom is 0.130 e. The van der Waals surface area contributed by atoms with E-state index in [4.69, 9.17) is 17.3 Å². The van der Waals surface area contributed by atoms with Gasteiger partial charge in [0.15, 0.2) is 0 Å². The Kier molecular flexibility index (Phi) is 3.56. The number of nitrogens with zero attached hydrogens (tertiary/aromatic N) is 2. The Balaban J connectivity index is 2.74. The van der Waals surface area contributed by atoms with E-state index in [9.17, 15) is 0 Å². The molecule has 0 saturated heterocycles. The molecule has 4 heteroatoms. The van der Waals surface area contributed by atoms with Crippen molar-refractivity contribution in [3.05, 3.63) is 16.9 Å². The molecule has 1 aromatic rings. The Hall–Kier alpha value is -0.540. The van der Waals surface area contributed by atoms with Crippen LogP contribution < -0.4 is 5.73 Å². The first kappa shape index (κ1) is 9.55. The largest absolute Gasteiger partial charge is 0.330 e. The summed E-state index contributed by atoms with van der Waals surface area (Å²) in [7, 11) is 0. The summed E-state index contributed by atoms with van der Waals surface area (Å²) in [5.74, 6) is 0. The quantitative estimate of drug-likeness (QED) is 0.776. The summed E-state index contributed by atoms with van der Waals surface area (Å²) < 4.78 is 1.81. The van der Waals surface area contributed by atoms with Crippen molar-refractivity contribution in [2.75, 3.05) is 6.54 Å². The maximum atomic E-state index is 6.03. The third kappa shape index (κ3) is 1.99. The Labute approximate surface area is 77.5 Å². The molecule has 0 unspecified atom stereocenters. The van der Waals surface area contributed by atoms with Crippen molar-refractivity contribution in [3.63, 3.8) is 0 Å². The van der Waals surface area contributed by atoms with E-state index in [1.165, 1.54) is 0 Å². The number of nitrogens with two attached hydrogens (primary N) is 1. The SMILES string of the molecule is CCCn1ncc(CCN)c1Cl. The third-order valence-corrected chi connectivity index (χ3v) is 2.13. The lowest BCUT2D eigenvalue weighted by Crippen LogP contribution is -2.03. The molecule has 2 N–H and O–H groups in total. The van der Waals surface area contributed by atoms with Crippen LogP contribution in [0.5, 0.6) is 0 Å². The Morgan fingerprint density at radius 1 is 1.67 bits per heavy atom. The van der Waals surface area contributed by atoms with Gasteiger partial charge in [-0.1, -0.05) is 18.5 Å². The molecule has 1 heterocycles. The van der Waals surface area contributed by atoms with E-state index in [0.29, 0.717) is 6.54 Å². The smallest absolute Gasteiger partial charge is 0.130 e. The van der Waals surface area contributed by atoms with Crippen LogP contribution in [0.1, 0.15) is 18.9 Å². The van der Waals surface area contributed by atoms with Crippen LogP contribution in [0, 0.1) is 0 Å². The minimum absolute atomic E-state index is 0.623. The predicted molar refractivity (Wildman–Crippen MR) is 50.3 cm³/mol. The number of aromatic nitrogens is 2. The Morgan fingerprint density at radius 3 is 3.00 bits per heavy atom. The van der Waals surface area contributed by atoms with Gasteiger partial charge in [-0.15, -0.1) is 0 Å². The lowest BCUT2D eigenvalue weighted by molar-refractivity contribution is 0.603. The molecule has 0 atom stereocenters. The molecule has 0 fully saturated rings. The molecule has 0 aliphatic carbocycles. The van der Waals surface area contributed by atoms with E-state index in [1.807, 2.05) is 4.68 Å². The highest BCUT2D eigenvalue weighted by atomic mass is 35.5. The van der Waals surface area contributed by atoms with Crippen molar-refractivity contribution in [2.45, 2.75) is 26.3 Å². The van der Waals surface area contributed by atoms with Crippen molar-refractivity contribution in [1.82, 2.24) is 9.78 Å². The first-order valence-corrected chi connectivity index (χ1v) is 4.57. The van der Waals surface area contributed by atoms with E-state index in [1.54, 1.807) is 6.20 Å². The minimum Gasteiger partial charge on any atom is -0.330 e. The van der Waals surface area contributed by atoms with Crippen LogP contribution >= 0.6 is 11.6 Å². The maximum absolute atomic E-state index is 6.03. The molecule has 0 amide bonds. The van der Waals surface area contributed by atoms with Gasteiger partial charge in [0, 0.05) is 12.1 Å². The second-order valence-corrected chi connectivity index (χ2v) is 3.08. The fourth-order valence-electron chi connectivity index (χ4n) is 1.10. The molecule has 3 nitrogen and oxygen atoms in total. The first-order valence-electron chi connectivity index (χ1n) is 4.19. The molecular weight excluding hydrogens is 174 g/mol. The highest BCUT2D eigenvalue weighted by Crippen LogP contribution is 2.15. The van der Waals surface area contributed by atoms with Gasteiger partial charge in [0.25, 0.3) is 0 Å². The van der Waals surface area contributed by atoms with Gasteiger partial charge in [0.2, 0.25) is 0 Å². The van der Waals surface area contributed by atoms with Crippen LogP contribution in [0.4, 0.5) is 0 Å². The summed E-state index contributed by atoms with van der Waals surface area (Å²) in [4.78, 5) is 0. The molecule has 1 aromatic heterocycles. The second kappa shape index (κ2) is 4.48. The number of halogens is 1. The van der Waals surface area contributed by atoms with E-state index in [2.05, 4.69) is 12.0 Å². The monoisotopic (exact) mass is 187 g/mol. The van der Waals surface area contributed by atoms with Crippen molar-refractivity contribution in [2.24, 2.45) is 5.73 Å². The standard InChI is InChI=1S/C8H14ClN3/c1-2-5-12-8(9)7(3-4-10)6-11-12/h6H,2-5,10H2,1H3. The summed E-state index contributed by atoms with van der Waals surface area (Å²) in [6.07, 6.45) is 3.65. The van der Waals surface area contributed by atoms with Gasteiger partial charge < -0.3 is 5.73 Å². The Morgan fingerprint density at radius 2 is 2.42 bits per heavy atom. The van der Waals surface area contributed by atoms with Crippen LogP contribution in [-0.4, -0.2) is 16.3 Å². The molecule has 0 aliphatic heterocycles. The summed E-state index contributed by atoms with van der Waals surface area (Å²) in [6, 6.07) is 0. The van der Waals surface area contributed by atoms with Gasteiger partial charge in [0.1, 0.15) is 5.15 Å². The fourth-order valence-corrected chi connectivity index (χ4v) is 1.37. The molecular formula is C8H14ClN3. The summed E-state index contributed by atoms with van der Waals surface area (Å²) in [5.41, 5.74) is 6.47. The van der Waals surface area contributed by atoms with Crippen molar-refractivity contribution in [3.8, 4) is 0 Å². The van der Waals surface area contributed by atoms with Crippen LogP contribution in [-0.2, 0) is 13.0 Å². The normalized spacial score (nSPS) is 10.6. The van der Waals surface area contributed by atoms with E-state index in [0.717, 1.165) is 30.1 Å². The number of aryl methyl sites for hydroxylation is 1. The molecule has 1 rings (SSSR count). The molecule has 68 valence electrons. The summed E-state index contributed by atoms with van der Waals surface area (Å²) in [6.45, 7) is 3.60. The van der Waals surface area contributed by atoms with Gasteiger partial charge in [-0.25, -0.2) is 0 Å². The third-order valence-electron chi connectivity index (χ3n) is 1.69.